The van der Waals surface area contributed by atoms with E-state index in [2.05, 4.69) is 83.7 Å². The van der Waals surface area contributed by atoms with E-state index in [0.29, 0.717) is 6.42 Å². The van der Waals surface area contributed by atoms with Crippen LogP contribution in [0.3, 0.4) is 0 Å². The Hall–Kier alpha value is -3.08. The summed E-state index contributed by atoms with van der Waals surface area (Å²) in [7, 11) is 0. The number of benzene rings is 3. The summed E-state index contributed by atoms with van der Waals surface area (Å²) < 4.78 is 3.66. The SMILES string of the molecule is Cc1ccc(SN[C@H](c2ccccc2)[C@H](NC(=O)CCC2=CCC=CC2)c2ccccc2)cc1. The first-order valence-electron chi connectivity index (χ1n) is 11.9. The molecule has 34 heavy (non-hydrogen) atoms. The summed E-state index contributed by atoms with van der Waals surface area (Å²) in [6, 6.07) is 28.8. The molecule has 0 unspecified atom stereocenters. The molecule has 0 spiro atoms. The monoisotopic (exact) mass is 468 g/mol. The van der Waals surface area contributed by atoms with Crippen LogP contribution < -0.4 is 10.0 Å². The van der Waals surface area contributed by atoms with Crippen molar-refractivity contribution in [3.63, 3.8) is 0 Å². The molecule has 2 atom stereocenters. The maximum atomic E-state index is 13.1. The van der Waals surface area contributed by atoms with Gasteiger partial charge >= 0.3 is 0 Å². The van der Waals surface area contributed by atoms with Crippen LogP contribution in [0.25, 0.3) is 0 Å². The van der Waals surface area contributed by atoms with Gasteiger partial charge in [-0.1, -0.05) is 102 Å². The number of aryl methyl sites for hydroxylation is 1. The fraction of sp³-hybridized carbons (Fsp3) is 0.233. The Balaban J connectivity index is 1.55. The van der Waals surface area contributed by atoms with Gasteiger partial charge in [-0.25, -0.2) is 4.72 Å². The lowest BCUT2D eigenvalue weighted by molar-refractivity contribution is -0.122. The Labute approximate surface area is 207 Å². The highest BCUT2D eigenvalue weighted by atomic mass is 32.2. The Morgan fingerprint density at radius 1 is 0.853 bits per heavy atom. The van der Waals surface area contributed by atoms with Crippen molar-refractivity contribution in [3.8, 4) is 0 Å². The Morgan fingerprint density at radius 2 is 1.50 bits per heavy atom. The highest BCUT2D eigenvalue weighted by Gasteiger charge is 2.26. The maximum absolute atomic E-state index is 13.1. The van der Waals surface area contributed by atoms with Gasteiger partial charge in [0.15, 0.2) is 0 Å². The maximum Gasteiger partial charge on any atom is 0.220 e. The van der Waals surface area contributed by atoms with Gasteiger partial charge in [0.2, 0.25) is 5.91 Å². The summed E-state index contributed by atoms with van der Waals surface area (Å²) in [6.45, 7) is 2.09. The third-order valence-electron chi connectivity index (χ3n) is 6.05. The number of allylic oxidation sites excluding steroid dienone is 4. The van der Waals surface area contributed by atoms with E-state index >= 15 is 0 Å². The minimum atomic E-state index is -0.200. The van der Waals surface area contributed by atoms with Crippen molar-refractivity contribution in [2.45, 2.75) is 49.6 Å². The number of hydrogen-bond donors (Lipinski definition) is 2. The fourth-order valence-electron chi connectivity index (χ4n) is 4.12. The van der Waals surface area contributed by atoms with Crippen LogP contribution in [-0.2, 0) is 4.79 Å². The third kappa shape index (κ3) is 6.96. The molecule has 0 aliphatic heterocycles. The van der Waals surface area contributed by atoms with Gasteiger partial charge in [0.25, 0.3) is 0 Å². The van der Waals surface area contributed by atoms with E-state index in [1.807, 2.05) is 36.4 Å². The van der Waals surface area contributed by atoms with Crippen molar-refractivity contribution in [2.75, 3.05) is 0 Å². The molecule has 4 heteroatoms. The summed E-state index contributed by atoms with van der Waals surface area (Å²) in [5, 5.41) is 3.36. The zero-order valence-corrected chi connectivity index (χ0v) is 20.4. The minimum Gasteiger partial charge on any atom is -0.347 e. The van der Waals surface area contributed by atoms with E-state index in [1.165, 1.54) is 11.1 Å². The first kappa shape index (κ1) is 24.1. The molecular weight excluding hydrogens is 436 g/mol. The van der Waals surface area contributed by atoms with Crippen LogP contribution in [0.5, 0.6) is 0 Å². The number of amides is 1. The number of carbonyl (C=O) groups is 1. The van der Waals surface area contributed by atoms with Gasteiger partial charge in [-0.05, 0) is 61.4 Å². The second-order valence-electron chi connectivity index (χ2n) is 8.65. The lowest BCUT2D eigenvalue weighted by Gasteiger charge is -2.30. The van der Waals surface area contributed by atoms with Crippen molar-refractivity contribution in [2.24, 2.45) is 0 Å². The minimum absolute atomic E-state index is 0.0763. The van der Waals surface area contributed by atoms with E-state index in [1.54, 1.807) is 11.9 Å². The van der Waals surface area contributed by atoms with Gasteiger partial charge in [0.1, 0.15) is 0 Å². The summed E-state index contributed by atoms with van der Waals surface area (Å²) in [5.41, 5.74) is 4.81. The molecule has 174 valence electrons. The normalized spacial score (nSPS) is 14.8. The average Bonchev–Trinajstić information content (AvgIpc) is 2.89. The average molecular weight is 469 g/mol. The number of hydrogen-bond acceptors (Lipinski definition) is 3. The van der Waals surface area contributed by atoms with E-state index < -0.39 is 0 Å². The largest absolute Gasteiger partial charge is 0.347 e. The molecule has 3 aromatic carbocycles. The summed E-state index contributed by atoms with van der Waals surface area (Å²) in [4.78, 5) is 14.3. The lowest BCUT2D eigenvalue weighted by Crippen LogP contribution is -2.36. The van der Waals surface area contributed by atoms with Gasteiger partial charge in [0, 0.05) is 11.3 Å². The molecule has 1 amide bonds. The summed E-state index contributed by atoms with van der Waals surface area (Å²) >= 11 is 1.60. The summed E-state index contributed by atoms with van der Waals surface area (Å²) in [5.74, 6) is 0.0763. The first-order valence-corrected chi connectivity index (χ1v) is 12.7. The smallest absolute Gasteiger partial charge is 0.220 e. The molecule has 0 fully saturated rings. The molecular formula is C30H32N2OS. The molecule has 2 N–H and O–H groups in total. The molecule has 0 aromatic heterocycles. The van der Waals surface area contributed by atoms with E-state index in [9.17, 15) is 4.79 Å². The Kier molecular flexibility index (Phi) is 8.78. The molecule has 0 saturated heterocycles. The number of rotatable bonds is 10. The predicted molar refractivity (Wildman–Crippen MR) is 142 cm³/mol. The van der Waals surface area contributed by atoms with Gasteiger partial charge in [-0.2, -0.15) is 0 Å². The van der Waals surface area contributed by atoms with Crippen LogP contribution in [-0.4, -0.2) is 5.91 Å². The van der Waals surface area contributed by atoms with Crippen LogP contribution in [0.1, 0.15) is 54.5 Å². The van der Waals surface area contributed by atoms with Crippen molar-refractivity contribution in [1.29, 1.82) is 0 Å². The molecule has 0 saturated carbocycles. The van der Waals surface area contributed by atoms with E-state index in [0.717, 1.165) is 35.3 Å². The van der Waals surface area contributed by atoms with Crippen LogP contribution >= 0.6 is 11.9 Å². The standard InChI is InChI=1S/C30H32N2OS/c1-23-17-20-27(21-18-23)34-32-30(26-15-9-4-10-16-26)29(25-13-7-3-8-14-25)31-28(33)22-19-24-11-5-2-6-12-24/h2-5,7-10,12-18,20-21,29-30,32H,6,11,19,22H2,1H3,(H,31,33)/t29-,30-/m1/s1. The molecule has 0 radical (unpaired) electrons. The number of carbonyl (C=O) groups excluding carboxylic acids is 1. The van der Waals surface area contributed by atoms with Crippen LogP contribution in [0.4, 0.5) is 0 Å². The van der Waals surface area contributed by atoms with E-state index in [-0.39, 0.29) is 18.0 Å². The van der Waals surface area contributed by atoms with Crippen molar-refractivity contribution < 1.29 is 4.79 Å². The van der Waals surface area contributed by atoms with Gasteiger partial charge in [-0.3, -0.25) is 4.79 Å². The third-order valence-corrected chi connectivity index (χ3v) is 6.93. The van der Waals surface area contributed by atoms with E-state index in [4.69, 9.17) is 0 Å². The van der Waals surface area contributed by atoms with Crippen molar-refractivity contribution in [3.05, 3.63) is 125 Å². The van der Waals surface area contributed by atoms with Crippen molar-refractivity contribution >= 4 is 17.9 Å². The zero-order valence-electron chi connectivity index (χ0n) is 19.6. The van der Waals surface area contributed by atoms with Gasteiger partial charge < -0.3 is 5.32 Å². The molecule has 4 rings (SSSR count). The molecule has 0 heterocycles. The van der Waals surface area contributed by atoms with Crippen LogP contribution in [0, 0.1) is 6.92 Å². The second-order valence-corrected chi connectivity index (χ2v) is 9.56. The quantitative estimate of drug-likeness (QED) is 0.243. The zero-order chi connectivity index (χ0) is 23.6. The fourth-order valence-corrected chi connectivity index (χ4v) is 4.93. The van der Waals surface area contributed by atoms with Gasteiger partial charge in [0.05, 0.1) is 12.1 Å². The molecule has 3 nitrogen and oxygen atoms in total. The molecule has 3 aromatic rings. The molecule has 0 bridgehead atoms. The Bertz CT molecular complexity index is 1110. The lowest BCUT2D eigenvalue weighted by atomic mass is 9.93. The second kappa shape index (κ2) is 12.4. The molecule has 1 aliphatic carbocycles. The van der Waals surface area contributed by atoms with Crippen LogP contribution in [0.2, 0.25) is 0 Å². The number of nitrogens with one attached hydrogen (secondary N) is 2. The Morgan fingerprint density at radius 3 is 2.12 bits per heavy atom. The van der Waals surface area contributed by atoms with Gasteiger partial charge in [-0.15, -0.1) is 0 Å². The highest BCUT2D eigenvalue weighted by Crippen LogP contribution is 2.32. The van der Waals surface area contributed by atoms with Crippen LogP contribution in [0.15, 0.2) is 114 Å². The van der Waals surface area contributed by atoms with Crippen molar-refractivity contribution in [1.82, 2.24) is 10.0 Å². The summed E-state index contributed by atoms with van der Waals surface area (Å²) in [6.07, 6.45) is 9.84. The topological polar surface area (TPSA) is 41.1 Å². The predicted octanol–water partition coefficient (Wildman–Crippen LogP) is 7.25. The first-order chi connectivity index (χ1) is 16.7. The molecule has 1 aliphatic rings. The highest BCUT2D eigenvalue weighted by molar-refractivity contribution is 7.97.